The lowest BCUT2D eigenvalue weighted by Crippen LogP contribution is -2.47. The van der Waals surface area contributed by atoms with Crippen molar-refractivity contribution >= 4 is 17.1 Å². The number of aryl methyl sites for hydroxylation is 1. The highest BCUT2D eigenvalue weighted by atomic mass is 16.5. The van der Waals surface area contributed by atoms with Crippen molar-refractivity contribution in [3.8, 4) is 17.2 Å². The number of rotatable bonds is 8. The van der Waals surface area contributed by atoms with Crippen LogP contribution in [-0.4, -0.2) is 75.6 Å². The number of methoxy groups -OCH3 is 3. The summed E-state index contributed by atoms with van der Waals surface area (Å²) in [7, 11) is 7.62. The molecule has 2 fully saturated rings. The molecule has 4 heterocycles. The lowest BCUT2D eigenvalue weighted by Gasteiger charge is -2.38. The van der Waals surface area contributed by atoms with E-state index in [-0.39, 0.29) is 23.7 Å². The summed E-state index contributed by atoms with van der Waals surface area (Å²) >= 11 is 0. The highest BCUT2D eigenvalue weighted by Gasteiger charge is 2.42. The van der Waals surface area contributed by atoms with E-state index in [4.69, 9.17) is 18.9 Å². The minimum absolute atomic E-state index is 0.189. The number of hydrogen-bond donors (Lipinski definition) is 0. The molecule has 0 aliphatic carbocycles. The van der Waals surface area contributed by atoms with Crippen LogP contribution in [0.5, 0.6) is 17.2 Å². The number of aromatic nitrogens is 4. The van der Waals surface area contributed by atoms with Gasteiger partial charge in [0.25, 0.3) is 5.56 Å². The topological polar surface area (TPSA) is 119 Å². The third kappa shape index (κ3) is 4.32. The van der Waals surface area contributed by atoms with E-state index in [0.717, 1.165) is 36.8 Å². The minimum atomic E-state index is -0.423. The van der Waals surface area contributed by atoms with E-state index in [2.05, 4.69) is 9.88 Å². The summed E-state index contributed by atoms with van der Waals surface area (Å²) in [5.74, 6) is 0.795. The predicted molar refractivity (Wildman–Crippen MR) is 138 cm³/mol. The van der Waals surface area contributed by atoms with Crippen LogP contribution in [0.15, 0.2) is 28.0 Å². The van der Waals surface area contributed by atoms with E-state index in [1.807, 2.05) is 4.57 Å². The molecule has 12 heteroatoms. The molecule has 2 saturated heterocycles. The maximum Gasteiger partial charge on any atom is 0.338 e. The maximum absolute atomic E-state index is 13.0. The Bertz CT molecular complexity index is 1450. The lowest BCUT2D eigenvalue weighted by atomic mass is 9.99. The van der Waals surface area contributed by atoms with Crippen LogP contribution >= 0.6 is 0 Å². The van der Waals surface area contributed by atoms with Crippen LogP contribution in [0.25, 0.3) is 11.2 Å². The molecule has 3 aromatic rings. The zero-order valence-corrected chi connectivity index (χ0v) is 22.3. The van der Waals surface area contributed by atoms with Gasteiger partial charge in [0.2, 0.25) is 5.75 Å². The first-order valence-corrected chi connectivity index (χ1v) is 12.6. The van der Waals surface area contributed by atoms with Crippen LogP contribution in [0.3, 0.4) is 0 Å². The van der Waals surface area contributed by atoms with Crippen molar-refractivity contribution < 1.29 is 23.7 Å². The standard InChI is InChI=1S/C26H33N5O7/c1-28-23-21(24(32)29(2)26(28)34)30(14-27-23)8-9-31-16-6-7-17(31)13-18(12-16)38-25(33)15-10-19(35-3)22(37-5)20(11-15)36-4/h10-11,14,16-18H,6-9,12-13H2,1-5H3. The number of piperidine rings is 1. The second-order valence-electron chi connectivity index (χ2n) is 9.85. The highest BCUT2D eigenvalue weighted by molar-refractivity contribution is 5.91. The quantitative estimate of drug-likeness (QED) is 0.400. The molecule has 5 rings (SSSR count). The van der Waals surface area contributed by atoms with E-state index in [1.165, 1.54) is 32.9 Å². The molecule has 1 aromatic carbocycles. The van der Waals surface area contributed by atoms with Crippen molar-refractivity contribution in [2.75, 3.05) is 27.9 Å². The van der Waals surface area contributed by atoms with Crippen molar-refractivity contribution in [2.45, 2.75) is 50.4 Å². The number of benzene rings is 1. The second-order valence-corrected chi connectivity index (χ2v) is 9.85. The van der Waals surface area contributed by atoms with Crippen molar-refractivity contribution in [3.05, 3.63) is 44.9 Å². The smallest absolute Gasteiger partial charge is 0.338 e. The van der Waals surface area contributed by atoms with Crippen LogP contribution in [0.2, 0.25) is 0 Å². The summed E-state index contributed by atoms with van der Waals surface area (Å²) in [6.07, 6.45) is 4.99. The Hall–Kier alpha value is -3.80. The third-order valence-electron chi connectivity index (χ3n) is 7.83. The molecule has 2 aliphatic rings. The van der Waals surface area contributed by atoms with Crippen LogP contribution in [0.4, 0.5) is 0 Å². The molecular weight excluding hydrogens is 494 g/mol. The Kier molecular flexibility index (Phi) is 6.91. The first-order valence-electron chi connectivity index (χ1n) is 12.6. The summed E-state index contributed by atoms with van der Waals surface area (Å²) in [4.78, 5) is 44.8. The molecule has 2 unspecified atom stereocenters. The summed E-state index contributed by atoms with van der Waals surface area (Å²) < 4.78 is 26.3. The largest absolute Gasteiger partial charge is 0.493 e. The molecular formula is C26H33N5O7. The third-order valence-corrected chi connectivity index (χ3v) is 7.83. The number of hydrogen-bond acceptors (Lipinski definition) is 9. The Morgan fingerprint density at radius 1 is 0.947 bits per heavy atom. The van der Waals surface area contributed by atoms with E-state index in [9.17, 15) is 14.4 Å². The average Bonchev–Trinajstić information content (AvgIpc) is 3.45. The minimum Gasteiger partial charge on any atom is -0.493 e. The van der Waals surface area contributed by atoms with Crippen molar-refractivity contribution in [1.82, 2.24) is 23.6 Å². The van der Waals surface area contributed by atoms with Gasteiger partial charge in [-0.25, -0.2) is 14.6 Å². The number of carbonyl (C=O) groups is 1. The molecule has 2 atom stereocenters. The normalized spacial score (nSPS) is 21.0. The van der Waals surface area contributed by atoms with Gasteiger partial charge in [-0.2, -0.15) is 0 Å². The average molecular weight is 528 g/mol. The first kappa shape index (κ1) is 25.8. The van der Waals surface area contributed by atoms with E-state index in [0.29, 0.717) is 40.5 Å². The van der Waals surface area contributed by atoms with Gasteiger partial charge >= 0.3 is 11.7 Å². The van der Waals surface area contributed by atoms with Crippen molar-refractivity contribution in [1.29, 1.82) is 0 Å². The maximum atomic E-state index is 13.0. The zero-order chi connectivity index (χ0) is 27.1. The summed E-state index contributed by atoms with van der Waals surface area (Å²) in [6, 6.07) is 3.77. The number of ether oxygens (including phenoxy) is 4. The molecule has 2 bridgehead atoms. The number of nitrogens with zero attached hydrogens (tertiary/aromatic N) is 5. The molecule has 204 valence electrons. The molecule has 0 saturated carbocycles. The molecule has 0 radical (unpaired) electrons. The fraction of sp³-hybridized carbons (Fsp3) is 0.538. The van der Waals surface area contributed by atoms with Crippen LogP contribution < -0.4 is 25.5 Å². The number of fused-ring (bicyclic) bond motifs is 3. The zero-order valence-electron chi connectivity index (χ0n) is 22.3. The van der Waals surface area contributed by atoms with Gasteiger partial charge in [-0.15, -0.1) is 0 Å². The number of imidazole rings is 1. The molecule has 38 heavy (non-hydrogen) atoms. The Morgan fingerprint density at radius 3 is 2.16 bits per heavy atom. The van der Waals surface area contributed by atoms with Gasteiger partial charge in [0, 0.05) is 52.1 Å². The summed E-state index contributed by atoms with van der Waals surface area (Å²) in [6.45, 7) is 1.31. The Balaban J connectivity index is 1.26. The summed E-state index contributed by atoms with van der Waals surface area (Å²) in [5.41, 5.74) is 0.418. The second kappa shape index (κ2) is 10.2. The monoisotopic (exact) mass is 527 g/mol. The van der Waals surface area contributed by atoms with Crippen LogP contribution in [-0.2, 0) is 25.4 Å². The van der Waals surface area contributed by atoms with E-state index in [1.54, 1.807) is 25.5 Å². The van der Waals surface area contributed by atoms with Gasteiger partial charge in [0.05, 0.1) is 33.2 Å². The van der Waals surface area contributed by atoms with Crippen LogP contribution in [0.1, 0.15) is 36.0 Å². The molecule has 2 aliphatic heterocycles. The van der Waals surface area contributed by atoms with Gasteiger partial charge < -0.3 is 23.5 Å². The highest BCUT2D eigenvalue weighted by Crippen LogP contribution is 2.40. The van der Waals surface area contributed by atoms with Gasteiger partial charge in [0.1, 0.15) is 6.10 Å². The lowest BCUT2D eigenvalue weighted by molar-refractivity contribution is -0.00667. The van der Waals surface area contributed by atoms with Crippen LogP contribution in [0, 0.1) is 0 Å². The van der Waals surface area contributed by atoms with Gasteiger partial charge in [-0.3, -0.25) is 18.8 Å². The SMILES string of the molecule is COc1cc(C(=O)OC2CC3CCC(C2)N3CCn2cnc3c2c(=O)n(C)c(=O)n3C)cc(OC)c1OC. The Morgan fingerprint density at radius 2 is 1.58 bits per heavy atom. The predicted octanol–water partition coefficient (Wildman–Crippen LogP) is 1.31. The molecule has 2 aromatic heterocycles. The first-order chi connectivity index (χ1) is 18.3. The van der Waals surface area contributed by atoms with Crippen molar-refractivity contribution in [2.24, 2.45) is 14.1 Å². The Labute approximate surface area is 219 Å². The van der Waals surface area contributed by atoms with Crippen molar-refractivity contribution in [3.63, 3.8) is 0 Å². The molecule has 0 N–H and O–H groups in total. The fourth-order valence-corrected chi connectivity index (χ4v) is 5.89. The number of carbonyl (C=O) groups excluding carboxylic acids is 1. The van der Waals surface area contributed by atoms with E-state index < -0.39 is 11.7 Å². The molecule has 0 amide bonds. The summed E-state index contributed by atoms with van der Waals surface area (Å²) in [5, 5.41) is 0. The van der Waals surface area contributed by atoms with Gasteiger partial charge in [-0.1, -0.05) is 0 Å². The number of esters is 1. The molecule has 0 spiro atoms. The van der Waals surface area contributed by atoms with E-state index >= 15 is 0 Å². The van der Waals surface area contributed by atoms with Gasteiger partial charge in [0.15, 0.2) is 22.7 Å². The van der Waals surface area contributed by atoms with Gasteiger partial charge in [-0.05, 0) is 25.0 Å². The fourth-order valence-electron chi connectivity index (χ4n) is 5.89. The molecule has 12 nitrogen and oxygen atoms in total.